The van der Waals surface area contributed by atoms with Crippen LogP contribution in [0.25, 0.3) is 0 Å². The first-order chi connectivity index (χ1) is 11.0. The fraction of sp³-hybridized carbons (Fsp3) is 0.353. The molecule has 0 saturated carbocycles. The highest BCUT2D eigenvalue weighted by Crippen LogP contribution is 2.21. The van der Waals surface area contributed by atoms with E-state index in [2.05, 4.69) is 10.3 Å². The van der Waals surface area contributed by atoms with Crippen molar-refractivity contribution in [2.45, 2.75) is 38.9 Å². The van der Waals surface area contributed by atoms with Crippen molar-refractivity contribution in [1.82, 2.24) is 9.55 Å². The molecule has 2 aromatic rings. The van der Waals surface area contributed by atoms with E-state index < -0.39 is 0 Å². The molecule has 1 N–H and O–H groups in total. The Bertz CT molecular complexity index is 784. The molecule has 0 atom stereocenters. The predicted octanol–water partition coefficient (Wildman–Crippen LogP) is 2.78. The zero-order valence-electron chi connectivity index (χ0n) is 13.8. The SMILES string of the molecule is CCc1cccc(C)c1NC(=O)Cn1c(SC)nc(C)cc1=O. The fourth-order valence-electron chi connectivity index (χ4n) is 2.42. The van der Waals surface area contributed by atoms with E-state index in [9.17, 15) is 9.59 Å². The van der Waals surface area contributed by atoms with Gasteiger partial charge in [-0.2, -0.15) is 0 Å². The summed E-state index contributed by atoms with van der Waals surface area (Å²) in [6.07, 6.45) is 2.67. The van der Waals surface area contributed by atoms with Crippen LogP contribution in [0.5, 0.6) is 0 Å². The van der Waals surface area contributed by atoms with Gasteiger partial charge in [0.05, 0.1) is 0 Å². The summed E-state index contributed by atoms with van der Waals surface area (Å²) in [6, 6.07) is 7.37. The van der Waals surface area contributed by atoms with Gasteiger partial charge in [0.2, 0.25) is 5.91 Å². The number of para-hydroxylation sites is 1. The summed E-state index contributed by atoms with van der Waals surface area (Å²) in [4.78, 5) is 28.8. The molecule has 1 heterocycles. The second-order valence-corrected chi connectivity index (χ2v) is 6.09. The van der Waals surface area contributed by atoms with Crippen LogP contribution in [0.4, 0.5) is 5.69 Å². The largest absolute Gasteiger partial charge is 0.324 e. The molecule has 0 unspecified atom stereocenters. The lowest BCUT2D eigenvalue weighted by Gasteiger charge is -2.14. The molecule has 2 rings (SSSR count). The molecule has 0 aliphatic rings. The second kappa shape index (κ2) is 7.46. The van der Waals surface area contributed by atoms with E-state index in [0.29, 0.717) is 10.9 Å². The highest BCUT2D eigenvalue weighted by Gasteiger charge is 2.13. The summed E-state index contributed by atoms with van der Waals surface area (Å²) in [5.74, 6) is -0.225. The van der Waals surface area contributed by atoms with Crippen molar-refractivity contribution in [2.24, 2.45) is 0 Å². The van der Waals surface area contributed by atoms with Gasteiger partial charge >= 0.3 is 0 Å². The molecule has 1 aromatic carbocycles. The Morgan fingerprint density at radius 2 is 2.09 bits per heavy atom. The average molecular weight is 331 g/mol. The van der Waals surface area contributed by atoms with Crippen LogP contribution in [-0.4, -0.2) is 21.7 Å². The summed E-state index contributed by atoms with van der Waals surface area (Å²) in [5.41, 5.74) is 3.37. The maximum atomic E-state index is 12.4. The molecule has 0 fully saturated rings. The first-order valence-electron chi connectivity index (χ1n) is 7.47. The van der Waals surface area contributed by atoms with Crippen LogP contribution < -0.4 is 10.9 Å². The van der Waals surface area contributed by atoms with Gasteiger partial charge in [-0.15, -0.1) is 0 Å². The predicted molar refractivity (Wildman–Crippen MR) is 94.2 cm³/mol. The summed E-state index contributed by atoms with van der Waals surface area (Å²) < 4.78 is 1.40. The van der Waals surface area contributed by atoms with Crippen molar-refractivity contribution >= 4 is 23.4 Å². The summed E-state index contributed by atoms with van der Waals surface area (Å²) in [7, 11) is 0. The standard InChI is InChI=1S/C17H21N3O2S/c1-5-13-8-6-7-11(2)16(13)19-14(21)10-20-15(22)9-12(3)18-17(20)23-4/h6-9H,5,10H2,1-4H3,(H,19,21). The smallest absolute Gasteiger partial charge is 0.254 e. The van der Waals surface area contributed by atoms with Crippen LogP contribution in [0.3, 0.4) is 0 Å². The number of aromatic nitrogens is 2. The van der Waals surface area contributed by atoms with E-state index in [1.54, 1.807) is 6.92 Å². The molecule has 6 heteroatoms. The van der Waals surface area contributed by atoms with Gasteiger partial charge in [0.1, 0.15) is 6.54 Å². The van der Waals surface area contributed by atoms with Crippen LogP contribution in [0, 0.1) is 13.8 Å². The Kier molecular flexibility index (Phi) is 5.60. The van der Waals surface area contributed by atoms with Crippen molar-refractivity contribution in [3.63, 3.8) is 0 Å². The number of carbonyl (C=O) groups is 1. The molecule has 0 radical (unpaired) electrons. The molecule has 23 heavy (non-hydrogen) atoms. The molecule has 0 saturated heterocycles. The molecule has 0 spiro atoms. The summed E-state index contributed by atoms with van der Waals surface area (Å²) in [6.45, 7) is 5.73. The number of nitrogens with zero attached hydrogens (tertiary/aromatic N) is 2. The lowest BCUT2D eigenvalue weighted by molar-refractivity contribution is -0.116. The molecule has 1 amide bonds. The maximum Gasteiger partial charge on any atom is 0.254 e. The third kappa shape index (κ3) is 4.01. The molecule has 0 aliphatic carbocycles. The van der Waals surface area contributed by atoms with Crippen molar-refractivity contribution in [2.75, 3.05) is 11.6 Å². The minimum atomic E-state index is -0.225. The van der Waals surface area contributed by atoms with Gasteiger partial charge in [-0.05, 0) is 37.7 Å². The quantitative estimate of drug-likeness (QED) is 0.676. The summed E-state index contributed by atoms with van der Waals surface area (Å²) >= 11 is 1.35. The van der Waals surface area contributed by atoms with Crippen LogP contribution in [-0.2, 0) is 17.8 Å². The Hall–Kier alpha value is -2.08. The van der Waals surface area contributed by atoms with Gasteiger partial charge in [-0.1, -0.05) is 36.9 Å². The number of aryl methyl sites for hydroxylation is 3. The Morgan fingerprint density at radius 1 is 1.35 bits per heavy atom. The third-order valence-electron chi connectivity index (χ3n) is 3.59. The number of carbonyl (C=O) groups excluding carboxylic acids is 1. The van der Waals surface area contributed by atoms with E-state index >= 15 is 0 Å². The van der Waals surface area contributed by atoms with Crippen molar-refractivity contribution < 1.29 is 4.79 Å². The zero-order chi connectivity index (χ0) is 17.0. The highest BCUT2D eigenvalue weighted by atomic mass is 32.2. The number of thioether (sulfide) groups is 1. The topological polar surface area (TPSA) is 64.0 Å². The van der Waals surface area contributed by atoms with Crippen LogP contribution >= 0.6 is 11.8 Å². The van der Waals surface area contributed by atoms with E-state index in [1.165, 1.54) is 22.4 Å². The summed E-state index contributed by atoms with van der Waals surface area (Å²) in [5, 5.41) is 3.48. The third-order valence-corrected chi connectivity index (χ3v) is 4.27. The van der Waals surface area contributed by atoms with Crippen molar-refractivity contribution in [3.05, 3.63) is 51.4 Å². The Balaban J connectivity index is 2.26. The Morgan fingerprint density at radius 3 is 2.74 bits per heavy atom. The lowest BCUT2D eigenvalue weighted by Crippen LogP contribution is -2.29. The van der Waals surface area contributed by atoms with Gasteiger partial charge in [0.25, 0.3) is 5.56 Å². The van der Waals surface area contributed by atoms with E-state index in [-0.39, 0.29) is 18.0 Å². The van der Waals surface area contributed by atoms with Gasteiger partial charge in [0, 0.05) is 17.4 Å². The molecule has 5 nitrogen and oxygen atoms in total. The second-order valence-electron chi connectivity index (χ2n) is 5.32. The molecule has 1 aromatic heterocycles. The molecular formula is C17H21N3O2S. The lowest BCUT2D eigenvalue weighted by atomic mass is 10.1. The number of amides is 1. The molecule has 0 aliphatic heterocycles. The van der Waals surface area contributed by atoms with Gasteiger partial charge < -0.3 is 5.32 Å². The normalized spacial score (nSPS) is 10.6. The van der Waals surface area contributed by atoms with Crippen molar-refractivity contribution in [1.29, 1.82) is 0 Å². The van der Waals surface area contributed by atoms with Gasteiger partial charge in [-0.3, -0.25) is 14.2 Å². The minimum Gasteiger partial charge on any atom is -0.324 e. The minimum absolute atomic E-state index is 0.0419. The first kappa shape index (κ1) is 17.3. The maximum absolute atomic E-state index is 12.4. The van der Waals surface area contributed by atoms with Crippen LogP contribution in [0.15, 0.2) is 34.2 Å². The monoisotopic (exact) mass is 331 g/mol. The fourth-order valence-corrected chi connectivity index (χ4v) is 3.03. The van der Waals surface area contributed by atoms with Gasteiger partial charge in [-0.25, -0.2) is 4.98 Å². The average Bonchev–Trinajstić information content (AvgIpc) is 2.51. The first-order valence-corrected chi connectivity index (χ1v) is 8.69. The number of hydrogen-bond acceptors (Lipinski definition) is 4. The molecular weight excluding hydrogens is 310 g/mol. The van der Waals surface area contributed by atoms with E-state index in [1.807, 2.05) is 38.3 Å². The van der Waals surface area contributed by atoms with Crippen molar-refractivity contribution in [3.8, 4) is 0 Å². The Labute approximate surface area is 140 Å². The number of anilines is 1. The van der Waals surface area contributed by atoms with E-state index in [0.717, 1.165) is 23.2 Å². The zero-order valence-corrected chi connectivity index (χ0v) is 14.7. The van der Waals surface area contributed by atoms with Crippen LogP contribution in [0.2, 0.25) is 0 Å². The van der Waals surface area contributed by atoms with Gasteiger partial charge in [0.15, 0.2) is 5.16 Å². The number of benzene rings is 1. The van der Waals surface area contributed by atoms with Crippen LogP contribution in [0.1, 0.15) is 23.7 Å². The van der Waals surface area contributed by atoms with E-state index in [4.69, 9.17) is 0 Å². The number of hydrogen-bond donors (Lipinski definition) is 1. The highest BCUT2D eigenvalue weighted by molar-refractivity contribution is 7.98. The number of nitrogens with one attached hydrogen (secondary N) is 1. The molecule has 122 valence electrons. The number of rotatable bonds is 5. The molecule has 0 bridgehead atoms.